The van der Waals surface area contributed by atoms with Gasteiger partial charge in [-0.3, -0.25) is 4.79 Å². The summed E-state index contributed by atoms with van der Waals surface area (Å²) < 4.78 is 14.3. The third-order valence-corrected chi connectivity index (χ3v) is 4.41. The van der Waals surface area contributed by atoms with Gasteiger partial charge in [0.2, 0.25) is 0 Å². The lowest BCUT2D eigenvalue weighted by atomic mass is 10.2. The Labute approximate surface area is 127 Å². The van der Waals surface area contributed by atoms with E-state index in [-0.39, 0.29) is 10.9 Å². The molecule has 0 saturated carbocycles. The van der Waals surface area contributed by atoms with Gasteiger partial charge in [-0.25, -0.2) is 4.39 Å². The monoisotopic (exact) mass is 361 g/mol. The molecule has 0 spiro atoms. The number of hydrogen-bond donors (Lipinski definition) is 0. The Morgan fingerprint density at radius 3 is 2.79 bits per heavy atom. The molecule has 0 unspecified atom stereocenters. The zero-order valence-electron chi connectivity index (χ0n) is 9.99. The van der Waals surface area contributed by atoms with Crippen molar-refractivity contribution in [1.82, 2.24) is 4.90 Å². The van der Waals surface area contributed by atoms with E-state index in [1.807, 2.05) is 11.4 Å². The van der Waals surface area contributed by atoms with Crippen LogP contribution in [0.1, 0.15) is 15.9 Å². The van der Waals surface area contributed by atoms with E-state index in [9.17, 15) is 9.18 Å². The van der Waals surface area contributed by atoms with Gasteiger partial charge in [0.25, 0.3) is 5.91 Å². The maximum Gasteiger partial charge on any atom is 0.254 e. The third-order valence-electron chi connectivity index (χ3n) is 2.55. The summed E-state index contributed by atoms with van der Waals surface area (Å²) >= 11 is 10.5. The normalized spacial score (nSPS) is 10.5. The zero-order valence-corrected chi connectivity index (χ0v) is 13.1. The maximum absolute atomic E-state index is 13.3. The molecule has 2 nitrogen and oxygen atoms in total. The standard InChI is InChI=1S/C13H10BrClFNOS/c1-17(6-8-4-12(14)19-7-8)13(18)9-2-3-10(15)11(16)5-9/h2-5,7H,6H2,1H3. The molecule has 1 aromatic carbocycles. The molecule has 2 aromatic rings. The van der Waals surface area contributed by atoms with Crippen molar-refractivity contribution in [3.63, 3.8) is 0 Å². The molecule has 0 fully saturated rings. The van der Waals surface area contributed by atoms with Gasteiger partial charge < -0.3 is 4.90 Å². The van der Waals surface area contributed by atoms with Crippen LogP contribution in [0, 0.1) is 5.82 Å². The molecule has 0 radical (unpaired) electrons. The molecule has 2 rings (SSSR count). The lowest BCUT2D eigenvalue weighted by Crippen LogP contribution is -2.26. The number of carbonyl (C=O) groups excluding carboxylic acids is 1. The highest BCUT2D eigenvalue weighted by Gasteiger charge is 2.14. The van der Waals surface area contributed by atoms with Crippen molar-refractivity contribution >= 4 is 44.8 Å². The van der Waals surface area contributed by atoms with E-state index in [0.29, 0.717) is 12.1 Å². The second kappa shape index (κ2) is 6.03. The van der Waals surface area contributed by atoms with Gasteiger partial charge in [0, 0.05) is 19.2 Å². The quantitative estimate of drug-likeness (QED) is 0.783. The molecule has 19 heavy (non-hydrogen) atoms. The number of nitrogens with zero attached hydrogens (tertiary/aromatic N) is 1. The summed E-state index contributed by atoms with van der Waals surface area (Å²) in [6.45, 7) is 0.477. The van der Waals surface area contributed by atoms with Crippen LogP contribution in [0.3, 0.4) is 0 Å². The van der Waals surface area contributed by atoms with Gasteiger partial charge in [-0.1, -0.05) is 11.6 Å². The minimum absolute atomic E-state index is 0.0148. The first-order valence-electron chi connectivity index (χ1n) is 5.41. The first-order chi connectivity index (χ1) is 8.97. The molecule has 6 heteroatoms. The summed E-state index contributed by atoms with van der Waals surface area (Å²) in [5.74, 6) is -0.822. The van der Waals surface area contributed by atoms with Crippen LogP contribution in [-0.4, -0.2) is 17.9 Å². The molecule has 0 aliphatic carbocycles. The van der Waals surface area contributed by atoms with Crippen LogP contribution >= 0.6 is 38.9 Å². The highest BCUT2D eigenvalue weighted by atomic mass is 79.9. The highest BCUT2D eigenvalue weighted by molar-refractivity contribution is 9.11. The Kier molecular flexibility index (Phi) is 4.60. The fourth-order valence-electron chi connectivity index (χ4n) is 1.62. The number of thiophene rings is 1. The fourth-order valence-corrected chi connectivity index (χ4v) is 2.94. The van der Waals surface area contributed by atoms with E-state index in [0.717, 1.165) is 15.4 Å². The Hall–Kier alpha value is -0.910. The maximum atomic E-state index is 13.3. The number of benzene rings is 1. The second-order valence-corrected chi connectivity index (χ2v) is 6.75. The summed E-state index contributed by atoms with van der Waals surface area (Å²) in [6, 6.07) is 6.02. The highest BCUT2D eigenvalue weighted by Crippen LogP contribution is 2.22. The Balaban J connectivity index is 2.12. The Morgan fingerprint density at radius 2 is 2.21 bits per heavy atom. The first-order valence-corrected chi connectivity index (χ1v) is 7.46. The summed E-state index contributed by atoms with van der Waals surface area (Å²) in [4.78, 5) is 13.7. The average Bonchev–Trinajstić information content (AvgIpc) is 2.77. The molecule has 100 valence electrons. The number of carbonyl (C=O) groups is 1. The van der Waals surface area contributed by atoms with Gasteiger partial charge in [0.05, 0.1) is 8.81 Å². The van der Waals surface area contributed by atoms with Crippen molar-refractivity contribution in [2.75, 3.05) is 7.05 Å². The van der Waals surface area contributed by atoms with Crippen molar-refractivity contribution < 1.29 is 9.18 Å². The van der Waals surface area contributed by atoms with Crippen molar-refractivity contribution in [3.8, 4) is 0 Å². The zero-order chi connectivity index (χ0) is 14.0. The molecular formula is C13H10BrClFNOS. The fraction of sp³-hybridized carbons (Fsp3) is 0.154. The van der Waals surface area contributed by atoms with Gasteiger partial charge in [-0.05, 0) is 51.1 Å². The molecule has 0 aliphatic rings. The summed E-state index contributed by atoms with van der Waals surface area (Å²) in [5, 5.41) is 1.98. The predicted molar refractivity (Wildman–Crippen MR) is 79.2 cm³/mol. The Morgan fingerprint density at radius 1 is 1.47 bits per heavy atom. The second-order valence-electron chi connectivity index (χ2n) is 4.05. The molecule has 0 saturated heterocycles. The number of halogens is 3. The van der Waals surface area contributed by atoms with Crippen molar-refractivity contribution in [2.24, 2.45) is 0 Å². The van der Waals surface area contributed by atoms with Crippen molar-refractivity contribution in [2.45, 2.75) is 6.54 Å². The summed E-state index contributed by atoms with van der Waals surface area (Å²) in [6.07, 6.45) is 0. The molecule has 1 heterocycles. The lowest BCUT2D eigenvalue weighted by Gasteiger charge is -2.16. The molecule has 0 bridgehead atoms. The van der Waals surface area contributed by atoms with Crippen LogP contribution in [-0.2, 0) is 6.54 Å². The number of rotatable bonds is 3. The SMILES string of the molecule is CN(Cc1csc(Br)c1)C(=O)c1ccc(Cl)c(F)c1. The largest absolute Gasteiger partial charge is 0.337 e. The van der Waals surface area contributed by atoms with Gasteiger partial charge in [0.15, 0.2) is 0 Å². The van der Waals surface area contributed by atoms with Crippen LogP contribution in [0.4, 0.5) is 4.39 Å². The molecule has 1 amide bonds. The van der Waals surface area contributed by atoms with E-state index < -0.39 is 5.82 Å². The van der Waals surface area contributed by atoms with Gasteiger partial charge >= 0.3 is 0 Å². The summed E-state index contributed by atoms with van der Waals surface area (Å²) in [7, 11) is 1.68. The van der Waals surface area contributed by atoms with Crippen LogP contribution < -0.4 is 0 Å². The number of hydrogen-bond acceptors (Lipinski definition) is 2. The first kappa shape index (κ1) is 14.5. The molecule has 1 aromatic heterocycles. The average molecular weight is 363 g/mol. The van der Waals surface area contributed by atoms with Crippen LogP contribution in [0.2, 0.25) is 5.02 Å². The van der Waals surface area contributed by atoms with Crippen molar-refractivity contribution in [3.05, 3.63) is 55.4 Å². The van der Waals surface area contributed by atoms with Crippen LogP contribution in [0.15, 0.2) is 33.4 Å². The summed E-state index contributed by atoms with van der Waals surface area (Å²) in [5.41, 5.74) is 1.32. The minimum atomic E-state index is -0.584. The molecule has 0 N–H and O–H groups in total. The van der Waals surface area contributed by atoms with Gasteiger partial charge in [-0.2, -0.15) is 0 Å². The number of amides is 1. The third kappa shape index (κ3) is 3.55. The smallest absolute Gasteiger partial charge is 0.254 e. The van der Waals surface area contributed by atoms with E-state index >= 15 is 0 Å². The molecule has 0 atom stereocenters. The lowest BCUT2D eigenvalue weighted by molar-refractivity contribution is 0.0785. The van der Waals surface area contributed by atoms with E-state index in [1.165, 1.54) is 17.0 Å². The van der Waals surface area contributed by atoms with E-state index in [4.69, 9.17) is 11.6 Å². The van der Waals surface area contributed by atoms with Crippen LogP contribution in [0.25, 0.3) is 0 Å². The minimum Gasteiger partial charge on any atom is -0.337 e. The topological polar surface area (TPSA) is 20.3 Å². The van der Waals surface area contributed by atoms with E-state index in [1.54, 1.807) is 18.4 Å². The predicted octanol–water partition coefficient (Wildman–Crippen LogP) is 4.58. The van der Waals surface area contributed by atoms with Gasteiger partial charge in [0.1, 0.15) is 5.82 Å². The van der Waals surface area contributed by atoms with E-state index in [2.05, 4.69) is 15.9 Å². The van der Waals surface area contributed by atoms with Gasteiger partial charge in [-0.15, -0.1) is 11.3 Å². The van der Waals surface area contributed by atoms with Crippen molar-refractivity contribution in [1.29, 1.82) is 0 Å². The van der Waals surface area contributed by atoms with Crippen LogP contribution in [0.5, 0.6) is 0 Å². The Bertz CT molecular complexity index is 616. The molecule has 0 aliphatic heterocycles. The molecular weight excluding hydrogens is 353 g/mol.